The Morgan fingerprint density at radius 1 is 1.32 bits per heavy atom. The summed E-state index contributed by atoms with van der Waals surface area (Å²) in [4.78, 5) is 10.6. The molecule has 0 saturated carbocycles. The van der Waals surface area contributed by atoms with Gasteiger partial charge in [0.2, 0.25) is 0 Å². The van der Waals surface area contributed by atoms with E-state index in [0.717, 1.165) is 0 Å². The molecular weight excluding hydrogens is 353 g/mol. The first-order chi connectivity index (χ1) is 12.0. The number of hydrogen-bond donors (Lipinski definition) is 1. The average Bonchev–Trinajstić information content (AvgIpc) is 2.99. The van der Waals surface area contributed by atoms with Gasteiger partial charge in [-0.15, -0.1) is 0 Å². The lowest BCUT2D eigenvalue weighted by molar-refractivity contribution is -0.139. The number of aromatic nitrogens is 1. The lowest BCUT2D eigenvalue weighted by atomic mass is 10.1. The third-order valence-electron chi connectivity index (χ3n) is 3.40. The maximum atomic E-state index is 14.4. The highest BCUT2D eigenvalue weighted by Crippen LogP contribution is 2.38. The molecule has 0 bridgehead atoms. The number of nitrogens with zero attached hydrogens (tertiary/aromatic N) is 1. The van der Waals surface area contributed by atoms with Gasteiger partial charge in [-0.3, -0.25) is 0 Å². The zero-order valence-corrected chi connectivity index (χ0v) is 13.8. The molecule has 0 aliphatic rings. The molecule has 0 aliphatic heterocycles. The number of rotatable bonds is 6. The van der Waals surface area contributed by atoms with E-state index in [4.69, 9.17) is 30.7 Å². The van der Waals surface area contributed by atoms with Crippen molar-refractivity contribution in [3.05, 3.63) is 41.2 Å². The second-order valence-electron chi connectivity index (χ2n) is 5.04. The SMILES string of the molecule is CCOc1ccc(-c2noc3c(Cl)c(OCC(=O)O)ccc23)c(F)c1. The van der Waals surface area contributed by atoms with Gasteiger partial charge >= 0.3 is 5.97 Å². The van der Waals surface area contributed by atoms with Gasteiger partial charge in [0.1, 0.15) is 28.0 Å². The van der Waals surface area contributed by atoms with E-state index in [1.807, 2.05) is 6.92 Å². The molecule has 1 aromatic heterocycles. The number of carboxylic acids is 1. The maximum absolute atomic E-state index is 14.4. The molecule has 0 spiro atoms. The van der Waals surface area contributed by atoms with Crippen LogP contribution in [0.3, 0.4) is 0 Å². The van der Waals surface area contributed by atoms with Gasteiger partial charge in [0.05, 0.1) is 12.0 Å². The number of ether oxygens (including phenoxy) is 2. The molecule has 130 valence electrons. The summed E-state index contributed by atoms with van der Waals surface area (Å²) in [5.41, 5.74) is 0.701. The normalized spacial score (nSPS) is 10.8. The molecule has 0 fully saturated rings. The van der Waals surface area contributed by atoms with Gasteiger partial charge in [-0.25, -0.2) is 9.18 Å². The molecule has 0 saturated heterocycles. The molecule has 0 amide bonds. The summed E-state index contributed by atoms with van der Waals surface area (Å²) in [5.74, 6) is -1.08. The fourth-order valence-electron chi connectivity index (χ4n) is 2.34. The fraction of sp³-hybridized carbons (Fsp3) is 0.176. The summed E-state index contributed by atoms with van der Waals surface area (Å²) in [5, 5.41) is 13.1. The Hall–Kier alpha value is -2.80. The summed E-state index contributed by atoms with van der Waals surface area (Å²) >= 11 is 6.17. The number of hydrogen-bond acceptors (Lipinski definition) is 5. The van der Waals surface area contributed by atoms with Crippen molar-refractivity contribution in [3.8, 4) is 22.8 Å². The van der Waals surface area contributed by atoms with Gasteiger partial charge in [-0.1, -0.05) is 16.8 Å². The van der Waals surface area contributed by atoms with E-state index in [0.29, 0.717) is 17.7 Å². The highest BCUT2D eigenvalue weighted by molar-refractivity contribution is 6.36. The maximum Gasteiger partial charge on any atom is 0.341 e. The Morgan fingerprint density at radius 2 is 2.12 bits per heavy atom. The van der Waals surface area contributed by atoms with Crippen LogP contribution in [-0.2, 0) is 4.79 Å². The van der Waals surface area contributed by atoms with Crippen LogP contribution in [0.4, 0.5) is 4.39 Å². The fourth-order valence-corrected chi connectivity index (χ4v) is 2.60. The average molecular weight is 366 g/mol. The minimum Gasteiger partial charge on any atom is -0.494 e. The minimum absolute atomic E-state index is 0.0730. The Balaban J connectivity index is 2.01. The standard InChI is InChI=1S/C17H13ClFNO5/c1-2-23-9-3-4-10(12(19)7-9)16-11-5-6-13(24-8-14(21)22)15(18)17(11)25-20-16/h3-7H,2,8H2,1H3,(H,21,22). The molecule has 3 rings (SSSR count). The minimum atomic E-state index is -1.13. The first-order valence-electron chi connectivity index (χ1n) is 7.36. The lowest BCUT2D eigenvalue weighted by Crippen LogP contribution is -2.09. The summed E-state index contributed by atoms with van der Waals surface area (Å²) < 4.78 is 29.9. The zero-order valence-electron chi connectivity index (χ0n) is 13.1. The van der Waals surface area contributed by atoms with Crippen LogP contribution in [0.2, 0.25) is 5.02 Å². The molecule has 1 N–H and O–H groups in total. The predicted octanol–water partition coefficient (Wildman–Crippen LogP) is 4.15. The van der Waals surface area contributed by atoms with Crippen molar-refractivity contribution in [1.29, 1.82) is 0 Å². The summed E-state index contributed by atoms with van der Waals surface area (Å²) in [7, 11) is 0. The number of benzene rings is 2. The van der Waals surface area contributed by atoms with Crippen molar-refractivity contribution in [3.63, 3.8) is 0 Å². The van der Waals surface area contributed by atoms with E-state index >= 15 is 0 Å². The summed E-state index contributed by atoms with van der Waals surface area (Å²) in [6.07, 6.45) is 0. The second-order valence-corrected chi connectivity index (χ2v) is 5.42. The molecule has 2 aromatic carbocycles. The third-order valence-corrected chi connectivity index (χ3v) is 3.76. The van der Waals surface area contributed by atoms with Gasteiger partial charge < -0.3 is 19.1 Å². The van der Waals surface area contributed by atoms with Crippen molar-refractivity contribution in [2.75, 3.05) is 13.2 Å². The number of carboxylic acid groups (broad SMARTS) is 1. The molecule has 0 aliphatic carbocycles. The van der Waals surface area contributed by atoms with Crippen molar-refractivity contribution in [1.82, 2.24) is 5.16 Å². The molecule has 0 atom stereocenters. The van der Waals surface area contributed by atoms with Crippen molar-refractivity contribution in [2.24, 2.45) is 0 Å². The Kier molecular flexibility index (Phi) is 4.76. The topological polar surface area (TPSA) is 81.8 Å². The summed E-state index contributed by atoms with van der Waals surface area (Å²) in [6, 6.07) is 7.51. The first kappa shape index (κ1) is 17.0. The molecule has 1 heterocycles. The van der Waals surface area contributed by atoms with Crippen molar-refractivity contribution in [2.45, 2.75) is 6.92 Å². The Morgan fingerprint density at radius 3 is 2.80 bits per heavy atom. The lowest BCUT2D eigenvalue weighted by Gasteiger charge is -2.06. The first-order valence-corrected chi connectivity index (χ1v) is 7.74. The number of fused-ring (bicyclic) bond motifs is 1. The molecule has 3 aromatic rings. The van der Waals surface area contributed by atoms with Crippen LogP contribution in [0.5, 0.6) is 11.5 Å². The van der Waals surface area contributed by atoms with Gasteiger partial charge in [0.15, 0.2) is 12.2 Å². The Bertz CT molecular complexity index is 940. The van der Waals surface area contributed by atoms with Crippen LogP contribution in [0.1, 0.15) is 6.92 Å². The van der Waals surface area contributed by atoms with Gasteiger partial charge in [-0.05, 0) is 31.2 Å². The number of carbonyl (C=O) groups is 1. The van der Waals surface area contributed by atoms with E-state index < -0.39 is 18.4 Å². The van der Waals surface area contributed by atoms with Crippen LogP contribution in [0.25, 0.3) is 22.2 Å². The second kappa shape index (κ2) is 6.98. The van der Waals surface area contributed by atoms with Crippen LogP contribution in [0, 0.1) is 5.82 Å². The van der Waals surface area contributed by atoms with Crippen LogP contribution >= 0.6 is 11.6 Å². The van der Waals surface area contributed by atoms with Gasteiger partial charge in [0.25, 0.3) is 0 Å². The molecule has 0 radical (unpaired) electrons. The van der Waals surface area contributed by atoms with Crippen LogP contribution < -0.4 is 9.47 Å². The molecule has 0 unspecified atom stereocenters. The van der Waals surface area contributed by atoms with Gasteiger partial charge in [0, 0.05) is 11.6 Å². The van der Waals surface area contributed by atoms with E-state index in [1.165, 1.54) is 12.1 Å². The van der Waals surface area contributed by atoms with Gasteiger partial charge in [-0.2, -0.15) is 0 Å². The molecule has 8 heteroatoms. The van der Waals surface area contributed by atoms with E-state index in [1.54, 1.807) is 18.2 Å². The van der Waals surface area contributed by atoms with Crippen LogP contribution in [0.15, 0.2) is 34.9 Å². The zero-order chi connectivity index (χ0) is 18.0. The largest absolute Gasteiger partial charge is 0.494 e. The van der Waals surface area contributed by atoms with E-state index in [9.17, 15) is 9.18 Å². The van der Waals surface area contributed by atoms with Crippen LogP contribution in [-0.4, -0.2) is 29.4 Å². The molecular formula is C17H13ClFNO5. The third kappa shape index (κ3) is 3.36. The van der Waals surface area contributed by atoms with Crippen molar-refractivity contribution < 1.29 is 28.3 Å². The smallest absolute Gasteiger partial charge is 0.341 e. The number of halogens is 2. The van der Waals surface area contributed by atoms with E-state index in [-0.39, 0.29) is 27.6 Å². The quantitative estimate of drug-likeness (QED) is 0.706. The summed E-state index contributed by atoms with van der Waals surface area (Å²) in [6.45, 7) is 1.70. The monoisotopic (exact) mass is 365 g/mol. The van der Waals surface area contributed by atoms with Crippen molar-refractivity contribution >= 4 is 28.5 Å². The number of aliphatic carboxylic acids is 1. The Labute approximate surface area is 146 Å². The highest BCUT2D eigenvalue weighted by atomic mass is 35.5. The molecule has 6 nitrogen and oxygen atoms in total. The molecule has 25 heavy (non-hydrogen) atoms. The highest BCUT2D eigenvalue weighted by Gasteiger charge is 2.19. The predicted molar refractivity (Wildman–Crippen MR) is 88.7 cm³/mol. The van der Waals surface area contributed by atoms with E-state index in [2.05, 4.69) is 5.16 Å².